The van der Waals surface area contributed by atoms with Crippen LogP contribution in [0.1, 0.15) is 15.9 Å². The van der Waals surface area contributed by atoms with Gasteiger partial charge in [0.1, 0.15) is 5.01 Å². The summed E-state index contributed by atoms with van der Waals surface area (Å²) >= 11 is 1.66. The first-order valence-corrected chi connectivity index (χ1v) is 9.40. The number of carbonyl (C=O) groups is 1. The van der Waals surface area contributed by atoms with Gasteiger partial charge in [0, 0.05) is 23.9 Å². The molecule has 1 amide bonds. The van der Waals surface area contributed by atoms with Crippen molar-refractivity contribution < 1.29 is 9.53 Å². The number of hydrogen-bond acceptors (Lipinski definition) is 4. The highest BCUT2D eigenvalue weighted by Crippen LogP contribution is 2.30. The van der Waals surface area contributed by atoms with E-state index in [1.54, 1.807) is 24.5 Å². The van der Waals surface area contributed by atoms with Crippen molar-refractivity contribution in [2.45, 2.75) is 6.61 Å². The molecule has 4 rings (SSSR count). The summed E-state index contributed by atoms with van der Waals surface area (Å²) in [6.07, 6.45) is 0. The van der Waals surface area contributed by atoms with E-state index in [1.807, 2.05) is 60.7 Å². The van der Waals surface area contributed by atoms with Crippen molar-refractivity contribution >= 4 is 33.1 Å². The number of aromatic nitrogens is 1. The van der Waals surface area contributed by atoms with Crippen molar-refractivity contribution in [1.29, 1.82) is 0 Å². The van der Waals surface area contributed by atoms with Gasteiger partial charge in [0.2, 0.25) is 0 Å². The molecule has 1 aromatic heterocycles. The zero-order valence-electron chi connectivity index (χ0n) is 14.8. The Morgan fingerprint density at radius 1 is 1.04 bits per heavy atom. The van der Waals surface area contributed by atoms with Crippen LogP contribution in [0.4, 0.5) is 5.69 Å². The van der Waals surface area contributed by atoms with E-state index in [2.05, 4.69) is 16.4 Å². The lowest BCUT2D eigenvalue weighted by Crippen LogP contribution is -2.12. The van der Waals surface area contributed by atoms with Crippen molar-refractivity contribution in [3.63, 3.8) is 0 Å². The largest absolute Gasteiger partial charge is 0.380 e. The topological polar surface area (TPSA) is 51.2 Å². The van der Waals surface area contributed by atoms with Gasteiger partial charge in [-0.25, -0.2) is 4.98 Å². The number of anilines is 1. The maximum Gasteiger partial charge on any atom is 0.255 e. The third-order valence-corrected chi connectivity index (χ3v) is 5.27. The SMILES string of the molecule is COCc1cccc(C(=O)Nc2ccc(-c3nc4ccccc4s3)cc2)c1. The number of fused-ring (bicyclic) bond motifs is 1. The first-order chi connectivity index (χ1) is 13.2. The highest BCUT2D eigenvalue weighted by atomic mass is 32.1. The van der Waals surface area contributed by atoms with E-state index in [1.165, 1.54) is 4.70 Å². The minimum Gasteiger partial charge on any atom is -0.380 e. The molecule has 1 heterocycles. The number of hydrogen-bond donors (Lipinski definition) is 1. The number of nitrogens with one attached hydrogen (secondary N) is 1. The zero-order chi connectivity index (χ0) is 18.6. The van der Waals surface area contributed by atoms with Crippen LogP contribution in [0.15, 0.2) is 72.8 Å². The lowest BCUT2D eigenvalue weighted by Gasteiger charge is -2.07. The first kappa shape index (κ1) is 17.4. The molecule has 5 heteroatoms. The molecule has 0 aliphatic heterocycles. The van der Waals surface area contributed by atoms with Crippen molar-refractivity contribution in [3.8, 4) is 10.6 Å². The van der Waals surface area contributed by atoms with E-state index in [4.69, 9.17) is 4.74 Å². The monoisotopic (exact) mass is 374 g/mol. The molecule has 0 unspecified atom stereocenters. The Kier molecular flexibility index (Phi) is 4.96. The molecule has 3 aromatic carbocycles. The fourth-order valence-electron chi connectivity index (χ4n) is 2.86. The molecule has 134 valence electrons. The molecule has 27 heavy (non-hydrogen) atoms. The molecule has 1 N–H and O–H groups in total. The van der Waals surface area contributed by atoms with Crippen molar-refractivity contribution in [1.82, 2.24) is 4.98 Å². The van der Waals surface area contributed by atoms with Crippen molar-refractivity contribution in [2.75, 3.05) is 12.4 Å². The van der Waals surface area contributed by atoms with Crippen LogP contribution >= 0.6 is 11.3 Å². The van der Waals surface area contributed by atoms with Crippen LogP contribution in [-0.2, 0) is 11.3 Å². The maximum atomic E-state index is 12.5. The number of benzene rings is 3. The fraction of sp³-hybridized carbons (Fsp3) is 0.0909. The smallest absolute Gasteiger partial charge is 0.255 e. The highest BCUT2D eigenvalue weighted by molar-refractivity contribution is 7.21. The number of rotatable bonds is 5. The van der Waals surface area contributed by atoms with E-state index >= 15 is 0 Å². The van der Waals surface area contributed by atoms with Crippen LogP contribution in [0.25, 0.3) is 20.8 Å². The molecular formula is C22H18N2O2S. The van der Waals surface area contributed by atoms with Gasteiger partial charge in [-0.05, 0) is 54.1 Å². The highest BCUT2D eigenvalue weighted by Gasteiger charge is 2.09. The molecule has 0 saturated heterocycles. The summed E-state index contributed by atoms with van der Waals surface area (Å²) in [5.74, 6) is -0.138. The summed E-state index contributed by atoms with van der Waals surface area (Å²) in [5, 5.41) is 3.91. The molecule has 0 radical (unpaired) electrons. The summed E-state index contributed by atoms with van der Waals surface area (Å²) in [7, 11) is 1.64. The molecule has 0 fully saturated rings. The Bertz CT molecular complexity index is 1050. The van der Waals surface area contributed by atoms with Gasteiger partial charge in [-0.3, -0.25) is 4.79 Å². The van der Waals surface area contributed by atoms with Gasteiger partial charge in [0.25, 0.3) is 5.91 Å². The average Bonchev–Trinajstić information content (AvgIpc) is 3.13. The molecule has 0 bridgehead atoms. The lowest BCUT2D eigenvalue weighted by atomic mass is 10.1. The second-order valence-corrected chi connectivity index (χ2v) is 7.18. The molecule has 4 nitrogen and oxygen atoms in total. The summed E-state index contributed by atoms with van der Waals surface area (Å²) in [4.78, 5) is 17.1. The quantitative estimate of drug-likeness (QED) is 0.511. The number of ether oxygens (including phenoxy) is 1. The minimum absolute atomic E-state index is 0.138. The molecular weight excluding hydrogens is 356 g/mol. The van der Waals surface area contributed by atoms with Crippen LogP contribution in [0, 0.1) is 0 Å². The minimum atomic E-state index is -0.138. The number of thiazole rings is 1. The van der Waals surface area contributed by atoms with Crippen LogP contribution < -0.4 is 5.32 Å². The zero-order valence-corrected chi connectivity index (χ0v) is 15.6. The number of carbonyl (C=O) groups excluding carboxylic acids is 1. The summed E-state index contributed by atoms with van der Waals surface area (Å²) in [6.45, 7) is 0.484. The second-order valence-electron chi connectivity index (χ2n) is 6.15. The third-order valence-electron chi connectivity index (χ3n) is 4.18. The summed E-state index contributed by atoms with van der Waals surface area (Å²) < 4.78 is 6.29. The molecule has 4 aromatic rings. The van der Waals surface area contributed by atoms with Gasteiger partial charge >= 0.3 is 0 Å². The number of amides is 1. The average molecular weight is 374 g/mol. The van der Waals surface area contributed by atoms with Crippen LogP contribution in [0.2, 0.25) is 0 Å². The first-order valence-electron chi connectivity index (χ1n) is 8.58. The number of para-hydroxylation sites is 1. The van der Waals surface area contributed by atoms with Crippen LogP contribution in [0.5, 0.6) is 0 Å². The summed E-state index contributed by atoms with van der Waals surface area (Å²) in [5.41, 5.74) is 4.38. The van der Waals surface area contributed by atoms with Crippen LogP contribution in [-0.4, -0.2) is 18.0 Å². The van der Waals surface area contributed by atoms with Crippen molar-refractivity contribution in [2.24, 2.45) is 0 Å². The van der Waals surface area contributed by atoms with E-state index in [0.29, 0.717) is 12.2 Å². The van der Waals surface area contributed by atoms with Gasteiger partial charge in [0.15, 0.2) is 0 Å². The fourth-order valence-corrected chi connectivity index (χ4v) is 3.84. The van der Waals surface area contributed by atoms with E-state index in [-0.39, 0.29) is 5.91 Å². The molecule has 0 aliphatic carbocycles. The molecule has 0 aliphatic rings. The molecule has 0 saturated carbocycles. The van der Waals surface area contributed by atoms with E-state index < -0.39 is 0 Å². The Morgan fingerprint density at radius 2 is 1.85 bits per heavy atom. The summed E-state index contributed by atoms with van der Waals surface area (Å²) in [6, 6.07) is 23.3. The number of methoxy groups -OCH3 is 1. The van der Waals surface area contributed by atoms with Gasteiger partial charge < -0.3 is 10.1 Å². The van der Waals surface area contributed by atoms with Gasteiger partial charge in [-0.15, -0.1) is 11.3 Å². The third kappa shape index (κ3) is 3.89. The predicted molar refractivity (Wildman–Crippen MR) is 110 cm³/mol. The van der Waals surface area contributed by atoms with Gasteiger partial charge in [-0.2, -0.15) is 0 Å². The molecule has 0 spiro atoms. The Balaban J connectivity index is 1.50. The lowest BCUT2D eigenvalue weighted by molar-refractivity contribution is 0.102. The number of nitrogens with zero attached hydrogens (tertiary/aromatic N) is 1. The van der Waals surface area contributed by atoms with Crippen molar-refractivity contribution in [3.05, 3.63) is 83.9 Å². The Hall–Kier alpha value is -3.02. The Labute approximate surface area is 161 Å². The maximum absolute atomic E-state index is 12.5. The van der Waals surface area contributed by atoms with E-state index in [0.717, 1.165) is 27.3 Å². The van der Waals surface area contributed by atoms with Gasteiger partial charge in [0.05, 0.1) is 16.8 Å². The normalized spacial score (nSPS) is 10.9. The predicted octanol–water partition coefficient (Wildman–Crippen LogP) is 5.36. The second kappa shape index (κ2) is 7.70. The van der Waals surface area contributed by atoms with Gasteiger partial charge in [-0.1, -0.05) is 24.3 Å². The standard InChI is InChI=1S/C22H18N2O2S/c1-26-14-15-5-4-6-17(13-15)21(25)23-18-11-9-16(10-12-18)22-24-19-7-2-3-8-20(19)27-22/h2-13H,14H2,1H3,(H,23,25). The van der Waals surface area contributed by atoms with Crippen LogP contribution in [0.3, 0.4) is 0 Å². The molecule has 0 atom stereocenters. The van der Waals surface area contributed by atoms with E-state index in [9.17, 15) is 4.79 Å². The Morgan fingerprint density at radius 3 is 2.63 bits per heavy atom.